The van der Waals surface area contributed by atoms with Crippen LogP contribution in [0.15, 0.2) is 90.6 Å². The molecule has 2 aliphatic rings. The molecule has 184 valence electrons. The third-order valence-corrected chi connectivity index (χ3v) is 7.19. The molecule has 5 nitrogen and oxygen atoms in total. The van der Waals surface area contributed by atoms with Crippen LogP contribution in [0.1, 0.15) is 31.9 Å². The van der Waals surface area contributed by atoms with Crippen molar-refractivity contribution in [3.05, 3.63) is 96.2 Å². The number of carbonyl (C=O) groups is 1. The molecule has 3 aromatic rings. The van der Waals surface area contributed by atoms with Crippen LogP contribution >= 0.6 is 12.2 Å². The van der Waals surface area contributed by atoms with E-state index in [4.69, 9.17) is 12.2 Å². The number of ketones is 1. The standard InChI is InChI=1S/C30H32N4OS/c1-30(2)18-24-27(26(35)19-30)28(20-14-16-22(17-15-20)33(3)4)34(25-13-9-8-12-23(25)32-24)29(36)31-21-10-6-5-7-11-21/h5-18,27-28,32H,19H2,1-4H3,(H,31,36)/t27-,28-/m0/s1. The molecule has 5 rings (SSSR count). The molecule has 1 aliphatic heterocycles. The molecular formula is C30H32N4OS. The zero-order valence-corrected chi connectivity index (χ0v) is 22.0. The lowest BCUT2D eigenvalue weighted by atomic mass is 9.72. The molecule has 0 saturated carbocycles. The number of fused-ring (bicyclic) bond motifs is 2. The van der Waals surface area contributed by atoms with E-state index in [9.17, 15) is 4.79 Å². The summed E-state index contributed by atoms with van der Waals surface area (Å²) in [7, 11) is 4.05. The molecular weight excluding hydrogens is 464 g/mol. The number of allylic oxidation sites excluding steroid dienone is 1. The van der Waals surface area contributed by atoms with E-state index in [-0.39, 0.29) is 23.2 Å². The number of thiocarbonyl (C=S) groups is 1. The second kappa shape index (κ2) is 9.43. The van der Waals surface area contributed by atoms with Gasteiger partial charge in [-0.3, -0.25) is 4.79 Å². The van der Waals surface area contributed by atoms with Crippen molar-refractivity contribution in [3.8, 4) is 0 Å². The molecule has 0 radical (unpaired) electrons. The molecule has 0 unspecified atom stereocenters. The highest BCUT2D eigenvalue weighted by molar-refractivity contribution is 7.80. The maximum atomic E-state index is 13.9. The number of nitrogens with one attached hydrogen (secondary N) is 2. The summed E-state index contributed by atoms with van der Waals surface area (Å²) in [6.45, 7) is 4.24. The number of hydrogen-bond acceptors (Lipinski definition) is 4. The molecule has 0 spiro atoms. The van der Waals surface area contributed by atoms with Crippen molar-refractivity contribution in [1.29, 1.82) is 0 Å². The van der Waals surface area contributed by atoms with E-state index < -0.39 is 0 Å². The smallest absolute Gasteiger partial charge is 0.178 e. The minimum absolute atomic E-state index is 0.215. The van der Waals surface area contributed by atoms with Crippen LogP contribution in [-0.4, -0.2) is 25.0 Å². The average Bonchev–Trinajstić information content (AvgIpc) is 2.98. The quantitative estimate of drug-likeness (QED) is 0.397. The number of anilines is 4. The number of hydrogen-bond donors (Lipinski definition) is 2. The molecule has 6 heteroatoms. The molecule has 1 aliphatic carbocycles. The van der Waals surface area contributed by atoms with Gasteiger partial charge >= 0.3 is 0 Å². The Hall–Kier alpha value is -3.64. The van der Waals surface area contributed by atoms with Gasteiger partial charge in [0.15, 0.2) is 5.11 Å². The van der Waals surface area contributed by atoms with E-state index in [2.05, 4.69) is 76.8 Å². The van der Waals surface area contributed by atoms with Gasteiger partial charge in [-0.05, 0) is 59.6 Å². The molecule has 0 fully saturated rings. The number of rotatable bonds is 3. The molecule has 0 saturated heterocycles. The van der Waals surface area contributed by atoms with Gasteiger partial charge in [-0.15, -0.1) is 0 Å². The van der Waals surface area contributed by atoms with Crippen molar-refractivity contribution in [1.82, 2.24) is 0 Å². The lowest BCUT2D eigenvalue weighted by Crippen LogP contribution is -2.45. The van der Waals surface area contributed by atoms with Gasteiger partial charge in [-0.2, -0.15) is 0 Å². The number of benzene rings is 3. The number of para-hydroxylation sites is 3. The van der Waals surface area contributed by atoms with Crippen LogP contribution < -0.4 is 20.4 Å². The summed E-state index contributed by atoms with van der Waals surface area (Å²) >= 11 is 6.06. The van der Waals surface area contributed by atoms with Crippen molar-refractivity contribution in [3.63, 3.8) is 0 Å². The Bertz CT molecular complexity index is 1310. The SMILES string of the molecule is CN(C)c1ccc([C@H]2[C@@H]3C(=O)CC(C)(C)C=C3Nc3ccccc3N2C(=S)Nc2ccccc2)cc1. The van der Waals surface area contributed by atoms with Crippen LogP contribution in [0.25, 0.3) is 0 Å². The highest BCUT2D eigenvalue weighted by atomic mass is 32.1. The second-order valence-corrected chi connectivity index (χ2v) is 10.8. The summed E-state index contributed by atoms with van der Waals surface area (Å²) in [4.78, 5) is 18.1. The van der Waals surface area contributed by atoms with Crippen molar-refractivity contribution < 1.29 is 4.79 Å². The zero-order valence-electron chi connectivity index (χ0n) is 21.2. The van der Waals surface area contributed by atoms with Gasteiger partial charge in [-0.25, -0.2) is 0 Å². The lowest BCUT2D eigenvalue weighted by molar-refractivity contribution is -0.124. The largest absolute Gasteiger partial charge is 0.378 e. The van der Waals surface area contributed by atoms with Gasteiger partial charge in [0.2, 0.25) is 0 Å². The maximum Gasteiger partial charge on any atom is 0.178 e. The second-order valence-electron chi connectivity index (χ2n) is 10.4. The van der Waals surface area contributed by atoms with Gasteiger partial charge in [0, 0.05) is 37.6 Å². The monoisotopic (exact) mass is 496 g/mol. The summed E-state index contributed by atoms with van der Waals surface area (Å²) < 4.78 is 0. The van der Waals surface area contributed by atoms with Gasteiger partial charge in [0.1, 0.15) is 5.78 Å². The van der Waals surface area contributed by atoms with E-state index in [1.807, 2.05) is 56.6 Å². The third kappa shape index (κ3) is 4.61. The van der Waals surface area contributed by atoms with Crippen LogP contribution in [0.3, 0.4) is 0 Å². The predicted molar refractivity (Wildman–Crippen MR) is 154 cm³/mol. The summed E-state index contributed by atoms with van der Waals surface area (Å²) in [5.74, 6) is -0.168. The third-order valence-electron chi connectivity index (χ3n) is 6.89. The first-order valence-electron chi connectivity index (χ1n) is 12.3. The summed E-state index contributed by atoms with van der Waals surface area (Å²) in [6, 6.07) is 26.2. The minimum Gasteiger partial charge on any atom is -0.378 e. The van der Waals surface area contributed by atoms with Crippen molar-refractivity contribution >= 4 is 45.9 Å². The molecule has 0 bridgehead atoms. The fraction of sp³-hybridized carbons (Fsp3) is 0.267. The van der Waals surface area contributed by atoms with Crippen molar-refractivity contribution in [2.45, 2.75) is 26.3 Å². The minimum atomic E-state index is -0.383. The Labute approximate surface area is 218 Å². The molecule has 1 heterocycles. The Morgan fingerprint density at radius 1 is 1.00 bits per heavy atom. The predicted octanol–water partition coefficient (Wildman–Crippen LogP) is 6.62. The summed E-state index contributed by atoms with van der Waals surface area (Å²) in [6.07, 6.45) is 2.71. The Morgan fingerprint density at radius 2 is 1.67 bits per heavy atom. The average molecular weight is 497 g/mol. The fourth-order valence-corrected chi connectivity index (χ4v) is 5.58. The van der Waals surface area contributed by atoms with Crippen LogP contribution in [0, 0.1) is 11.3 Å². The molecule has 3 aromatic carbocycles. The van der Waals surface area contributed by atoms with Gasteiger partial charge < -0.3 is 20.4 Å². The lowest BCUT2D eigenvalue weighted by Gasteiger charge is -2.40. The van der Waals surface area contributed by atoms with E-state index in [0.29, 0.717) is 11.5 Å². The van der Waals surface area contributed by atoms with E-state index >= 15 is 0 Å². The van der Waals surface area contributed by atoms with Crippen molar-refractivity contribution in [2.75, 3.05) is 34.5 Å². The van der Waals surface area contributed by atoms with Gasteiger partial charge in [-0.1, -0.05) is 62.4 Å². The van der Waals surface area contributed by atoms with Crippen LogP contribution in [0.5, 0.6) is 0 Å². The van der Waals surface area contributed by atoms with E-state index in [0.717, 1.165) is 34.0 Å². The molecule has 2 atom stereocenters. The normalized spacial score (nSPS) is 20.3. The van der Waals surface area contributed by atoms with Gasteiger partial charge in [0.05, 0.1) is 23.3 Å². The molecule has 2 N–H and O–H groups in total. The van der Waals surface area contributed by atoms with Gasteiger partial charge in [0.25, 0.3) is 0 Å². The first-order chi connectivity index (χ1) is 17.2. The summed E-state index contributed by atoms with van der Waals surface area (Å²) in [5.41, 5.74) is 5.65. The number of carbonyl (C=O) groups excluding carboxylic acids is 1. The Balaban J connectivity index is 1.70. The number of nitrogens with zero attached hydrogens (tertiary/aromatic N) is 2. The Morgan fingerprint density at radius 3 is 2.36 bits per heavy atom. The molecule has 36 heavy (non-hydrogen) atoms. The van der Waals surface area contributed by atoms with Crippen LogP contribution in [0.4, 0.5) is 22.7 Å². The molecule has 0 aromatic heterocycles. The fourth-order valence-electron chi connectivity index (χ4n) is 5.25. The number of Topliss-reactive ketones (excluding diaryl/α,β-unsaturated/α-hetero) is 1. The van der Waals surface area contributed by atoms with Crippen LogP contribution in [-0.2, 0) is 4.79 Å². The summed E-state index contributed by atoms with van der Waals surface area (Å²) in [5, 5.41) is 7.61. The van der Waals surface area contributed by atoms with Crippen molar-refractivity contribution in [2.24, 2.45) is 11.3 Å². The van der Waals surface area contributed by atoms with E-state index in [1.165, 1.54) is 0 Å². The maximum absolute atomic E-state index is 13.9. The highest BCUT2D eigenvalue weighted by Gasteiger charge is 2.45. The highest BCUT2D eigenvalue weighted by Crippen LogP contribution is 2.48. The topological polar surface area (TPSA) is 47.6 Å². The zero-order chi connectivity index (χ0) is 25.4. The Kier molecular flexibility index (Phi) is 6.31. The first kappa shape index (κ1) is 24.1. The molecule has 0 amide bonds. The van der Waals surface area contributed by atoms with E-state index in [1.54, 1.807) is 0 Å². The first-order valence-corrected chi connectivity index (χ1v) is 12.7. The van der Waals surface area contributed by atoms with Crippen LogP contribution in [0.2, 0.25) is 0 Å².